The van der Waals surface area contributed by atoms with Gasteiger partial charge in [-0.15, -0.1) is 0 Å². The maximum Gasteiger partial charge on any atom is 0.101 e. The number of rotatable bonds is 29. The van der Waals surface area contributed by atoms with Crippen molar-refractivity contribution in [3.63, 3.8) is 0 Å². The Balaban J connectivity index is 2.14. The third kappa shape index (κ3) is 20.0. The fourth-order valence-electron chi connectivity index (χ4n) is 6.01. The smallest absolute Gasteiger partial charge is 0.101 e. The summed E-state index contributed by atoms with van der Waals surface area (Å²) in [5, 5.41) is 0. The molecule has 1 aliphatic heterocycles. The van der Waals surface area contributed by atoms with Gasteiger partial charge in [0, 0.05) is 25.5 Å². The Morgan fingerprint density at radius 1 is 0.351 bits per heavy atom. The normalized spacial score (nSPS) is 15.4. The van der Waals surface area contributed by atoms with Gasteiger partial charge in [-0.1, -0.05) is 168 Å². The minimum absolute atomic E-state index is 0.642. The van der Waals surface area contributed by atoms with Crippen LogP contribution < -0.4 is 0 Å². The summed E-state index contributed by atoms with van der Waals surface area (Å²) in [5.74, 6) is 0. The predicted octanol–water partition coefficient (Wildman–Crippen LogP) is 12.0. The first-order chi connectivity index (χ1) is 18.3. The predicted molar refractivity (Wildman–Crippen MR) is 168 cm³/mol. The highest BCUT2D eigenvalue weighted by Crippen LogP contribution is 2.24. The number of nitrogens with zero attached hydrogens (tertiary/aromatic N) is 2. The SMILES string of the molecule is CCCCCCCCCCCCCCCCC1N(CCCCCC)C=CN1CCCCCCCCCC. The molecule has 1 rings (SSSR count). The molecule has 1 aliphatic rings. The van der Waals surface area contributed by atoms with Crippen molar-refractivity contribution in [2.24, 2.45) is 0 Å². The van der Waals surface area contributed by atoms with E-state index in [1.165, 1.54) is 186 Å². The van der Waals surface area contributed by atoms with Crippen LogP contribution in [-0.2, 0) is 0 Å². The third-order valence-electron chi connectivity index (χ3n) is 8.57. The highest BCUT2D eigenvalue weighted by molar-refractivity contribution is 4.97. The molecule has 0 amide bonds. The topological polar surface area (TPSA) is 6.48 Å². The lowest BCUT2D eigenvalue weighted by Crippen LogP contribution is -2.39. The lowest BCUT2D eigenvalue weighted by molar-refractivity contribution is 0.135. The maximum atomic E-state index is 2.69. The lowest BCUT2D eigenvalue weighted by Gasteiger charge is -2.33. The number of hydrogen-bond donors (Lipinski definition) is 0. The van der Waals surface area contributed by atoms with E-state index in [0.717, 1.165) is 0 Å². The molecule has 0 saturated carbocycles. The van der Waals surface area contributed by atoms with Gasteiger partial charge < -0.3 is 9.80 Å². The summed E-state index contributed by atoms with van der Waals surface area (Å²) in [6, 6.07) is 0. The number of hydrogen-bond acceptors (Lipinski definition) is 2. The van der Waals surface area contributed by atoms with Gasteiger partial charge in [-0.2, -0.15) is 0 Å². The van der Waals surface area contributed by atoms with E-state index in [4.69, 9.17) is 0 Å². The average molecular weight is 519 g/mol. The third-order valence-corrected chi connectivity index (χ3v) is 8.57. The monoisotopic (exact) mass is 519 g/mol. The summed E-state index contributed by atoms with van der Waals surface area (Å²) < 4.78 is 0. The summed E-state index contributed by atoms with van der Waals surface area (Å²) in [4.78, 5) is 5.38. The Labute approximate surface area is 235 Å². The Morgan fingerprint density at radius 3 is 0.973 bits per heavy atom. The summed E-state index contributed by atoms with van der Waals surface area (Å²) in [6.45, 7) is 9.46. The van der Waals surface area contributed by atoms with Gasteiger partial charge in [0.05, 0.1) is 0 Å². The molecule has 1 atom stereocenters. The summed E-state index contributed by atoms with van der Waals surface area (Å²) in [6.07, 6.45) is 44.0. The van der Waals surface area contributed by atoms with Crippen molar-refractivity contribution in [3.05, 3.63) is 12.4 Å². The molecule has 220 valence electrons. The van der Waals surface area contributed by atoms with Crippen LogP contribution in [0.15, 0.2) is 12.4 Å². The molecule has 0 bridgehead atoms. The van der Waals surface area contributed by atoms with Gasteiger partial charge in [0.25, 0.3) is 0 Å². The second-order valence-corrected chi connectivity index (χ2v) is 12.2. The molecule has 0 spiro atoms. The van der Waals surface area contributed by atoms with E-state index in [1.54, 1.807) is 0 Å². The minimum Gasteiger partial charge on any atom is -0.356 e. The first-order valence-corrected chi connectivity index (χ1v) is 17.5. The van der Waals surface area contributed by atoms with Crippen LogP contribution in [0, 0.1) is 0 Å². The lowest BCUT2D eigenvalue weighted by atomic mass is 10.0. The van der Waals surface area contributed by atoms with Crippen molar-refractivity contribution in [1.82, 2.24) is 9.80 Å². The fraction of sp³-hybridized carbons (Fsp3) is 0.943. The van der Waals surface area contributed by atoms with Crippen LogP contribution in [-0.4, -0.2) is 29.1 Å². The first-order valence-electron chi connectivity index (χ1n) is 17.5. The van der Waals surface area contributed by atoms with Gasteiger partial charge >= 0.3 is 0 Å². The van der Waals surface area contributed by atoms with Crippen molar-refractivity contribution in [3.8, 4) is 0 Å². The van der Waals surface area contributed by atoms with E-state index in [1.807, 2.05) is 0 Å². The Kier molecular flexibility index (Phi) is 25.0. The molecular formula is C35H70N2. The van der Waals surface area contributed by atoms with Crippen LogP contribution in [0.3, 0.4) is 0 Å². The molecule has 1 heterocycles. The van der Waals surface area contributed by atoms with Crippen molar-refractivity contribution >= 4 is 0 Å². The molecule has 0 aromatic carbocycles. The molecule has 0 aromatic rings. The first kappa shape index (κ1) is 34.4. The molecule has 0 radical (unpaired) electrons. The highest BCUT2D eigenvalue weighted by Gasteiger charge is 2.24. The van der Waals surface area contributed by atoms with Crippen LogP contribution in [0.4, 0.5) is 0 Å². The molecular weight excluding hydrogens is 448 g/mol. The molecule has 37 heavy (non-hydrogen) atoms. The average Bonchev–Trinajstić information content (AvgIpc) is 3.29. The molecule has 1 unspecified atom stereocenters. The summed E-state index contributed by atoms with van der Waals surface area (Å²) in [5.41, 5.74) is 0. The second-order valence-electron chi connectivity index (χ2n) is 12.2. The van der Waals surface area contributed by atoms with E-state index in [0.29, 0.717) is 6.17 Å². The van der Waals surface area contributed by atoms with Gasteiger partial charge in [0.15, 0.2) is 0 Å². The quantitative estimate of drug-likeness (QED) is 0.0908. The van der Waals surface area contributed by atoms with E-state index in [-0.39, 0.29) is 0 Å². The molecule has 2 nitrogen and oxygen atoms in total. The van der Waals surface area contributed by atoms with Gasteiger partial charge in [0.2, 0.25) is 0 Å². The molecule has 0 aromatic heterocycles. The van der Waals surface area contributed by atoms with Crippen LogP contribution in [0.5, 0.6) is 0 Å². The van der Waals surface area contributed by atoms with Gasteiger partial charge in [-0.05, 0) is 25.7 Å². The second kappa shape index (κ2) is 26.9. The largest absolute Gasteiger partial charge is 0.356 e. The van der Waals surface area contributed by atoms with Crippen LogP contribution in [0.2, 0.25) is 0 Å². The molecule has 0 aliphatic carbocycles. The zero-order valence-electron chi connectivity index (χ0n) is 26.1. The Hall–Kier alpha value is -0.660. The van der Waals surface area contributed by atoms with Gasteiger partial charge in [0.1, 0.15) is 6.17 Å². The van der Waals surface area contributed by atoms with Gasteiger partial charge in [-0.3, -0.25) is 0 Å². The fourth-order valence-corrected chi connectivity index (χ4v) is 6.01. The molecule has 0 fully saturated rings. The van der Waals surface area contributed by atoms with Crippen LogP contribution in [0.25, 0.3) is 0 Å². The number of unbranched alkanes of at least 4 members (excludes halogenated alkanes) is 23. The molecule has 0 saturated heterocycles. The van der Waals surface area contributed by atoms with E-state index in [2.05, 4.69) is 43.0 Å². The zero-order valence-corrected chi connectivity index (χ0v) is 26.1. The van der Waals surface area contributed by atoms with E-state index in [9.17, 15) is 0 Å². The summed E-state index contributed by atoms with van der Waals surface area (Å²) >= 11 is 0. The van der Waals surface area contributed by atoms with Crippen molar-refractivity contribution in [2.75, 3.05) is 13.1 Å². The van der Waals surface area contributed by atoms with E-state index < -0.39 is 0 Å². The zero-order chi connectivity index (χ0) is 26.7. The van der Waals surface area contributed by atoms with Crippen LogP contribution in [0.1, 0.15) is 194 Å². The molecule has 0 N–H and O–H groups in total. The van der Waals surface area contributed by atoms with Crippen molar-refractivity contribution in [2.45, 2.75) is 200 Å². The van der Waals surface area contributed by atoms with Gasteiger partial charge in [-0.25, -0.2) is 0 Å². The Bertz CT molecular complexity index is 474. The summed E-state index contributed by atoms with van der Waals surface area (Å²) in [7, 11) is 0. The molecule has 2 heteroatoms. The minimum atomic E-state index is 0.642. The van der Waals surface area contributed by atoms with Crippen molar-refractivity contribution in [1.29, 1.82) is 0 Å². The Morgan fingerprint density at radius 2 is 0.622 bits per heavy atom. The maximum absolute atomic E-state index is 2.69. The van der Waals surface area contributed by atoms with Crippen LogP contribution >= 0.6 is 0 Å². The van der Waals surface area contributed by atoms with Crippen molar-refractivity contribution < 1.29 is 0 Å². The standard InChI is InChI=1S/C35H70N2/c1-4-7-10-13-15-17-18-19-20-21-22-23-25-27-30-35-36(31-28-12-9-6-3)33-34-37(35)32-29-26-24-16-14-11-8-5-2/h33-35H,4-32H2,1-3H3. The highest BCUT2D eigenvalue weighted by atomic mass is 15.4. The van der Waals surface area contributed by atoms with E-state index >= 15 is 0 Å².